The molecule has 1 aromatic carbocycles. The van der Waals surface area contributed by atoms with E-state index < -0.39 is 16.2 Å². The quantitative estimate of drug-likeness (QED) is 0.887. The van der Waals surface area contributed by atoms with Crippen molar-refractivity contribution in [2.24, 2.45) is 0 Å². The molecule has 0 spiro atoms. The van der Waals surface area contributed by atoms with Gasteiger partial charge in [0, 0.05) is 13.1 Å². The summed E-state index contributed by atoms with van der Waals surface area (Å²) in [7, 11) is -3.67. The Kier molecular flexibility index (Phi) is 5.08. The fourth-order valence-corrected chi connectivity index (χ4v) is 3.74. The van der Waals surface area contributed by atoms with E-state index in [-0.39, 0.29) is 16.3 Å². The summed E-state index contributed by atoms with van der Waals surface area (Å²) in [5.41, 5.74) is 0.0637. The van der Waals surface area contributed by atoms with Crippen LogP contribution in [-0.4, -0.2) is 36.9 Å². The van der Waals surface area contributed by atoms with Gasteiger partial charge in [-0.3, -0.25) is 4.72 Å². The van der Waals surface area contributed by atoms with Crippen molar-refractivity contribution in [2.45, 2.75) is 25.7 Å². The highest BCUT2D eigenvalue weighted by molar-refractivity contribution is 7.90. The zero-order valence-electron chi connectivity index (χ0n) is 11.4. The molecule has 0 amide bonds. The first-order chi connectivity index (χ1) is 9.90. The third-order valence-corrected chi connectivity index (χ3v) is 5.22. The number of anilines is 1. The molecule has 2 N–H and O–H groups in total. The number of carboxylic acids is 1. The fraction of sp³-hybridized carbons (Fsp3) is 0.462. The highest BCUT2D eigenvalue weighted by atomic mass is 35.5. The fourth-order valence-electron chi connectivity index (χ4n) is 2.25. The van der Waals surface area contributed by atoms with E-state index in [2.05, 4.69) is 4.72 Å². The van der Waals surface area contributed by atoms with E-state index in [1.807, 2.05) is 0 Å². The first-order valence-corrected chi connectivity index (χ1v) is 8.53. The first-order valence-electron chi connectivity index (χ1n) is 6.71. The molecule has 0 aromatic heterocycles. The van der Waals surface area contributed by atoms with Crippen LogP contribution in [0.15, 0.2) is 18.2 Å². The average Bonchev–Trinajstić information content (AvgIpc) is 2.70. The van der Waals surface area contributed by atoms with E-state index >= 15 is 0 Å². The van der Waals surface area contributed by atoms with Crippen molar-refractivity contribution >= 4 is 33.5 Å². The summed E-state index contributed by atoms with van der Waals surface area (Å²) in [6, 6.07) is 4.04. The van der Waals surface area contributed by atoms with Gasteiger partial charge in [-0.2, -0.15) is 12.7 Å². The summed E-state index contributed by atoms with van der Waals surface area (Å²) in [6.07, 6.45) is 3.72. The van der Waals surface area contributed by atoms with Gasteiger partial charge in [0.1, 0.15) is 0 Å². The van der Waals surface area contributed by atoms with Gasteiger partial charge >= 0.3 is 16.2 Å². The molecule has 0 aliphatic carbocycles. The lowest BCUT2D eigenvalue weighted by Crippen LogP contribution is -2.36. The number of nitrogens with zero attached hydrogens (tertiary/aromatic N) is 1. The number of carboxylic acid groups (broad SMARTS) is 1. The maximum absolute atomic E-state index is 12.3. The van der Waals surface area contributed by atoms with Gasteiger partial charge in [-0.25, -0.2) is 4.79 Å². The molecular weight excluding hydrogens is 316 g/mol. The second-order valence-corrected chi connectivity index (χ2v) is 7.00. The van der Waals surface area contributed by atoms with Crippen molar-refractivity contribution in [1.82, 2.24) is 4.31 Å². The standard InChI is InChI=1S/C13H17ClN2O4S/c14-12-6-5-10(9-11(12)13(17)18)15-21(19,20)16-7-3-1-2-4-8-16/h5-6,9,15H,1-4,7-8H2,(H,17,18). The van der Waals surface area contributed by atoms with Crippen LogP contribution in [-0.2, 0) is 10.2 Å². The van der Waals surface area contributed by atoms with Crippen molar-refractivity contribution in [2.75, 3.05) is 17.8 Å². The number of benzene rings is 1. The molecule has 0 bridgehead atoms. The number of aromatic carboxylic acids is 1. The van der Waals surface area contributed by atoms with E-state index in [4.69, 9.17) is 16.7 Å². The van der Waals surface area contributed by atoms with Gasteiger partial charge in [-0.15, -0.1) is 0 Å². The van der Waals surface area contributed by atoms with Crippen LogP contribution in [0.5, 0.6) is 0 Å². The summed E-state index contributed by atoms with van der Waals surface area (Å²) < 4.78 is 28.4. The van der Waals surface area contributed by atoms with E-state index in [1.165, 1.54) is 22.5 Å². The van der Waals surface area contributed by atoms with Crippen molar-refractivity contribution < 1.29 is 18.3 Å². The predicted octanol–water partition coefficient (Wildman–Crippen LogP) is 2.57. The maximum Gasteiger partial charge on any atom is 0.337 e. The molecule has 116 valence electrons. The SMILES string of the molecule is O=C(O)c1cc(NS(=O)(=O)N2CCCCCC2)ccc1Cl. The second-order valence-electron chi connectivity index (χ2n) is 4.92. The second kappa shape index (κ2) is 6.64. The van der Waals surface area contributed by atoms with E-state index in [0.29, 0.717) is 13.1 Å². The Morgan fingerprint density at radius 1 is 1.19 bits per heavy atom. The molecule has 8 heteroatoms. The number of rotatable bonds is 4. The molecule has 1 aliphatic rings. The molecule has 1 saturated heterocycles. The van der Waals surface area contributed by atoms with Crippen molar-refractivity contribution in [3.05, 3.63) is 28.8 Å². The first kappa shape index (κ1) is 16.1. The lowest BCUT2D eigenvalue weighted by Gasteiger charge is -2.21. The van der Waals surface area contributed by atoms with Crippen LogP contribution in [0.3, 0.4) is 0 Å². The van der Waals surface area contributed by atoms with Gasteiger partial charge in [0.25, 0.3) is 0 Å². The third-order valence-electron chi connectivity index (χ3n) is 3.35. The summed E-state index contributed by atoms with van der Waals surface area (Å²) in [6.45, 7) is 0.962. The lowest BCUT2D eigenvalue weighted by atomic mass is 10.2. The van der Waals surface area contributed by atoms with Gasteiger partial charge in [-0.05, 0) is 31.0 Å². The monoisotopic (exact) mass is 332 g/mol. The molecule has 1 aliphatic heterocycles. The summed E-state index contributed by atoms with van der Waals surface area (Å²) in [5, 5.41) is 9.07. The molecule has 2 rings (SSSR count). The minimum atomic E-state index is -3.67. The predicted molar refractivity (Wildman–Crippen MR) is 81.0 cm³/mol. The maximum atomic E-state index is 12.3. The Balaban J connectivity index is 2.20. The molecule has 0 saturated carbocycles. The topological polar surface area (TPSA) is 86.7 Å². The van der Waals surface area contributed by atoms with Gasteiger partial charge in [0.05, 0.1) is 16.3 Å². The number of halogens is 1. The molecule has 0 atom stereocenters. The highest BCUT2D eigenvalue weighted by Gasteiger charge is 2.23. The minimum Gasteiger partial charge on any atom is -0.478 e. The van der Waals surface area contributed by atoms with E-state index in [1.54, 1.807) is 0 Å². The van der Waals surface area contributed by atoms with Crippen LogP contribution >= 0.6 is 11.6 Å². The zero-order valence-corrected chi connectivity index (χ0v) is 13.0. The number of hydrogen-bond donors (Lipinski definition) is 2. The average molecular weight is 333 g/mol. The molecule has 1 heterocycles. The molecule has 21 heavy (non-hydrogen) atoms. The van der Waals surface area contributed by atoms with Gasteiger partial charge < -0.3 is 5.11 Å². The highest BCUT2D eigenvalue weighted by Crippen LogP contribution is 2.22. The molecule has 6 nitrogen and oxygen atoms in total. The van der Waals surface area contributed by atoms with Crippen molar-refractivity contribution in [3.63, 3.8) is 0 Å². The van der Waals surface area contributed by atoms with Crippen LogP contribution < -0.4 is 4.72 Å². The van der Waals surface area contributed by atoms with E-state index in [9.17, 15) is 13.2 Å². The Morgan fingerprint density at radius 2 is 1.81 bits per heavy atom. The Bertz CT molecular complexity index is 625. The molecule has 0 unspecified atom stereocenters. The van der Waals surface area contributed by atoms with Crippen molar-refractivity contribution in [3.8, 4) is 0 Å². The zero-order chi connectivity index (χ0) is 15.5. The van der Waals surface area contributed by atoms with Crippen LogP contribution in [0.4, 0.5) is 5.69 Å². The van der Waals surface area contributed by atoms with E-state index in [0.717, 1.165) is 25.7 Å². The van der Waals surface area contributed by atoms with Crippen LogP contribution in [0.2, 0.25) is 5.02 Å². The summed E-state index contributed by atoms with van der Waals surface area (Å²) >= 11 is 5.76. The molecular formula is C13H17ClN2O4S. The van der Waals surface area contributed by atoms with Gasteiger partial charge in [0.2, 0.25) is 0 Å². The van der Waals surface area contributed by atoms with Crippen LogP contribution in [0, 0.1) is 0 Å². The molecule has 1 aromatic rings. The normalized spacial score (nSPS) is 17.2. The molecule has 0 radical (unpaired) electrons. The minimum absolute atomic E-state index is 0.0696. The summed E-state index contributed by atoms with van der Waals surface area (Å²) in [4.78, 5) is 11.0. The van der Waals surface area contributed by atoms with Gasteiger partial charge in [-0.1, -0.05) is 24.4 Å². The number of carbonyl (C=O) groups is 1. The van der Waals surface area contributed by atoms with Crippen LogP contribution in [0.25, 0.3) is 0 Å². The van der Waals surface area contributed by atoms with Crippen molar-refractivity contribution in [1.29, 1.82) is 0 Å². The number of hydrogen-bond acceptors (Lipinski definition) is 3. The third kappa shape index (κ3) is 4.09. The largest absolute Gasteiger partial charge is 0.478 e. The Morgan fingerprint density at radius 3 is 2.38 bits per heavy atom. The Labute approximate surface area is 128 Å². The molecule has 1 fully saturated rings. The lowest BCUT2D eigenvalue weighted by molar-refractivity contribution is 0.0697. The van der Waals surface area contributed by atoms with Gasteiger partial charge in [0.15, 0.2) is 0 Å². The summed E-state index contributed by atoms with van der Waals surface area (Å²) in [5.74, 6) is -1.20. The smallest absolute Gasteiger partial charge is 0.337 e. The Hall–Kier alpha value is -1.31. The van der Waals surface area contributed by atoms with Crippen LogP contribution in [0.1, 0.15) is 36.0 Å². The number of nitrogens with one attached hydrogen (secondary N) is 1.